The molecule has 102 valence electrons. The molecule has 1 unspecified atom stereocenters. The molecular weight excluding hydrogens is 263 g/mol. The standard InChI is InChI=1S/C18H13FN2/c19-17-8-4-3-6-14(17)16-9-12-10-20-11-21-18(12)15-7-2-1-5-13(15)16/h1-8,10-11,16H,9H2. The topological polar surface area (TPSA) is 25.8 Å². The minimum absolute atomic E-state index is 0.0147. The van der Waals surface area contributed by atoms with Crippen molar-refractivity contribution >= 4 is 0 Å². The lowest BCUT2D eigenvalue weighted by atomic mass is 9.78. The van der Waals surface area contributed by atoms with E-state index in [1.165, 1.54) is 6.07 Å². The van der Waals surface area contributed by atoms with Crippen molar-refractivity contribution in [3.05, 3.63) is 83.6 Å². The highest BCUT2D eigenvalue weighted by atomic mass is 19.1. The first-order valence-electron chi connectivity index (χ1n) is 6.97. The van der Waals surface area contributed by atoms with Crippen LogP contribution in [0.1, 0.15) is 22.6 Å². The van der Waals surface area contributed by atoms with Crippen LogP contribution in [0.5, 0.6) is 0 Å². The molecule has 2 nitrogen and oxygen atoms in total. The third-order valence-corrected chi connectivity index (χ3v) is 4.08. The number of nitrogens with zero attached hydrogens (tertiary/aromatic N) is 2. The Bertz CT molecular complexity index is 814. The Morgan fingerprint density at radius 3 is 2.57 bits per heavy atom. The summed E-state index contributed by atoms with van der Waals surface area (Å²) in [5.74, 6) is -0.140. The van der Waals surface area contributed by atoms with Gasteiger partial charge in [-0.25, -0.2) is 14.4 Å². The summed E-state index contributed by atoms with van der Waals surface area (Å²) in [7, 11) is 0. The number of aromatic nitrogens is 2. The molecule has 0 aliphatic heterocycles. The molecule has 21 heavy (non-hydrogen) atoms. The van der Waals surface area contributed by atoms with E-state index in [1.54, 1.807) is 12.4 Å². The molecule has 0 N–H and O–H groups in total. The van der Waals surface area contributed by atoms with Crippen molar-refractivity contribution < 1.29 is 4.39 Å². The van der Waals surface area contributed by atoms with E-state index in [0.29, 0.717) is 0 Å². The van der Waals surface area contributed by atoms with Gasteiger partial charge in [-0.05, 0) is 29.2 Å². The van der Waals surface area contributed by atoms with Crippen LogP contribution in [0.25, 0.3) is 11.3 Å². The second-order valence-electron chi connectivity index (χ2n) is 5.26. The van der Waals surface area contributed by atoms with Crippen molar-refractivity contribution in [2.24, 2.45) is 0 Å². The summed E-state index contributed by atoms with van der Waals surface area (Å²) in [6.07, 6.45) is 4.14. The molecule has 0 spiro atoms. The molecule has 1 aliphatic carbocycles. The smallest absolute Gasteiger partial charge is 0.127 e. The van der Waals surface area contributed by atoms with E-state index in [4.69, 9.17) is 0 Å². The lowest BCUT2D eigenvalue weighted by Gasteiger charge is -2.27. The molecule has 0 radical (unpaired) electrons. The molecule has 1 heterocycles. The van der Waals surface area contributed by atoms with Crippen LogP contribution in [0.15, 0.2) is 61.1 Å². The fourth-order valence-corrected chi connectivity index (χ4v) is 3.13. The predicted octanol–water partition coefficient (Wildman–Crippen LogP) is 3.97. The largest absolute Gasteiger partial charge is 0.244 e. The van der Waals surface area contributed by atoms with Crippen molar-refractivity contribution in [3.63, 3.8) is 0 Å². The Balaban J connectivity index is 1.95. The van der Waals surface area contributed by atoms with E-state index in [1.807, 2.05) is 36.5 Å². The quantitative estimate of drug-likeness (QED) is 0.672. The van der Waals surface area contributed by atoms with Crippen LogP contribution in [0.2, 0.25) is 0 Å². The molecule has 0 bridgehead atoms. The van der Waals surface area contributed by atoms with Gasteiger partial charge in [-0.2, -0.15) is 0 Å². The first kappa shape index (κ1) is 12.2. The Morgan fingerprint density at radius 2 is 1.71 bits per heavy atom. The average Bonchev–Trinajstić information content (AvgIpc) is 2.55. The number of rotatable bonds is 1. The first-order valence-corrected chi connectivity index (χ1v) is 6.97. The maximum absolute atomic E-state index is 14.2. The third-order valence-electron chi connectivity index (χ3n) is 4.08. The van der Waals surface area contributed by atoms with Gasteiger partial charge in [0.1, 0.15) is 12.1 Å². The molecule has 3 aromatic rings. The lowest BCUT2D eigenvalue weighted by Crippen LogP contribution is -2.15. The molecule has 0 saturated heterocycles. The van der Waals surface area contributed by atoms with E-state index in [-0.39, 0.29) is 11.7 Å². The highest BCUT2D eigenvalue weighted by molar-refractivity contribution is 5.71. The van der Waals surface area contributed by atoms with Crippen LogP contribution < -0.4 is 0 Å². The summed E-state index contributed by atoms with van der Waals surface area (Å²) in [6, 6.07) is 15.1. The number of benzene rings is 2. The van der Waals surface area contributed by atoms with Crippen molar-refractivity contribution in [2.45, 2.75) is 12.3 Å². The van der Waals surface area contributed by atoms with E-state index in [0.717, 1.165) is 34.4 Å². The molecule has 1 aromatic heterocycles. The molecule has 3 heteroatoms. The molecule has 0 saturated carbocycles. The van der Waals surface area contributed by atoms with E-state index < -0.39 is 0 Å². The molecular formula is C18H13FN2. The molecule has 0 amide bonds. The van der Waals surface area contributed by atoms with Crippen LogP contribution in [0, 0.1) is 5.82 Å². The number of hydrogen-bond acceptors (Lipinski definition) is 2. The van der Waals surface area contributed by atoms with Crippen LogP contribution >= 0.6 is 0 Å². The summed E-state index contributed by atoms with van der Waals surface area (Å²) in [4.78, 5) is 8.52. The fourth-order valence-electron chi connectivity index (χ4n) is 3.13. The zero-order valence-electron chi connectivity index (χ0n) is 11.3. The van der Waals surface area contributed by atoms with Crippen molar-refractivity contribution in [2.75, 3.05) is 0 Å². The van der Waals surface area contributed by atoms with Gasteiger partial charge in [0.05, 0.1) is 5.69 Å². The zero-order valence-corrected chi connectivity index (χ0v) is 11.3. The summed E-state index contributed by atoms with van der Waals surface area (Å²) in [6.45, 7) is 0. The van der Waals surface area contributed by atoms with Gasteiger partial charge in [-0.1, -0.05) is 42.5 Å². The van der Waals surface area contributed by atoms with E-state index >= 15 is 0 Å². The van der Waals surface area contributed by atoms with Crippen LogP contribution in [-0.2, 0) is 6.42 Å². The van der Waals surface area contributed by atoms with Crippen LogP contribution in [0.3, 0.4) is 0 Å². The second-order valence-corrected chi connectivity index (χ2v) is 5.26. The minimum Gasteiger partial charge on any atom is -0.244 e. The van der Waals surface area contributed by atoms with Crippen molar-refractivity contribution in [3.8, 4) is 11.3 Å². The maximum atomic E-state index is 14.2. The molecule has 1 aliphatic rings. The number of fused-ring (bicyclic) bond motifs is 3. The summed E-state index contributed by atoms with van der Waals surface area (Å²) in [5, 5.41) is 0. The monoisotopic (exact) mass is 276 g/mol. The Labute approximate surface area is 122 Å². The number of halogens is 1. The van der Waals surface area contributed by atoms with Gasteiger partial charge in [0.2, 0.25) is 0 Å². The highest BCUT2D eigenvalue weighted by Crippen LogP contribution is 2.41. The molecule has 0 fully saturated rings. The Hall–Kier alpha value is -2.55. The van der Waals surface area contributed by atoms with E-state index in [9.17, 15) is 4.39 Å². The van der Waals surface area contributed by atoms with Gasteiger partial charge in [-0.3, -0.25) is 0 Å². The number of hydrogen-bond donors (Lipinski definition) is 0. The van der Waals surface area contributed by atoms with Crippen molar-refractivity contribution in [1.29, 1.82) is 0 Å². The van der Waals surface area contributed by atoms with Gasteiger partial charge in [0.15, 0.2) is 0 Å². The SMILES string of the molecule is Fc1ccccc1C1Cc2cncnc2-c2ccccc21. The van der Waals surface area contributed by atoms with Gasteiger partial charge in [0, 0.05) is 17.7 Å². The van der Waals surface area contributed by atoms with Crippen LogP contribution in [0.4, 0.5) is 4.39 Å². The molecule has 4 rings (SSSR count). The van der Waals surface area contributed by atoms with Gasteiger partial charge < -0.3 is 0 Å². The summed E-state index contributed by atoms with van der Waals surface area (Å²) < 4.78 is 14.2. The zero-order chi connectivity index (χ0) is 14.2. The Morgan fingerprint density at radius 1 is 0.952 bits per heavy atom. The Kier molecular flexibility index (Phi) is 2.78. The predicted molar refractivity (Wildman–Crippen MR) is 79.4 cm³/mol. The fraction of sp³-hybridized carbons (Fsp3) is 0.111. The third kappa shape index (κ3) is 1.93. The maximum Gasteiger partial charge on any atom is 0.127 e. The average molecular weight is 276 g/mol. The minimum atomic E-state index is -0.155. The van der Waals surface area contributed by atoms with Gasteiger partial charge in [0.25, 0.3) is 0 Å². The van der Waals surface area contributed by atoms with Gasteiger partial charge >= 0.3 is 0 Å². The summed E-state index contributed by atoms with van der Waals surface area (Å²) in [5.41, 5.74) is 4.99. The lowest BCUT2D eigenvalue weighted by molar-refractivity contribution is 0.593. The molecule has 1 atom stereocenters. The van der Waals surface area contributed by atoms with Crippen LogP contribution in [-0.4, -0.2) is 9.97 Å². The summed E-state index contributed by atoms with van der Waals surface area (Å²) >= 11 is 0. The first-order chi connectivity index (χ1) is 10.3. The second kappa shape index (κ2) is 4.77. The van der Waals surface area contributed by atoms with Crippen molar-refractivity contribution in [1.82, 2.24) is 9.97 Å². The highest BCUT2D eigenvalue weighted by Gasteiger charge is 2.28. The van der Waals surface area contributed by atoms with E-state index in [2.05, 4.69) is 16.0 Å². The molecule has 2 aromatic carbocycles. The van der Waals surface area contributed by atoms with Gasteiger partial charge in [-0.15, -0.1) is 0 Å². The normalized spacial score (nSPS) is 16.1.